The van der Waals surface area contributed by atoms with Crippen LogP contribution in [-0.4, -0.2) is 55.6 Å². The predicted molar refractivity (Wildman–Crippen MR) is 132 cm³/mol. The lowest BCUT2D eigenvalue weighted by Crippen LogP contribution is -2.20. The van der Waals surface area contributed by atoms with Gasteiger partial charge in [-0.1, -0.05) is 24.3 Å². The molecule has 0 atom stereocenters. The van der Waals surface area contributed by atoms with Gasteiger partial charge in [0.05, 0.1) is 12.2 Å². The quantitative estimate of drug-likeness (QED) is 0.387. The Hall–Kier alpha value is -3.43. The smallest absolute Gasteiger partial charge is 0.221 e. The lowest BCUT2D eigenvalue weighted by atomic mass is 9.97. The number of rotatable bonds is 12. The molecule has 0 aliphatic carbocycles. The Morgan fingerprint density at radius 2 is 1.74 bits per heavy atom. The van der Waals surface area contributed by atoms with E-state index in [1.165, 1.54) is 0 Å². The molecule has 0 unspecified atom stereocenters. The van der Waals surface area contributed by atoms with Gasteiger partial charge >= 0.3 is 0 Å². The number of methoxy groups -OCH3 is 1. The average molecular weight is 470 g/mol. The van der Waals surface area contributed by atoms with Crippen LogP contribution in [0, 0.1) is 0 Å². The number of alkyl halides is 1. The normalized spacial score (nSPS) is 11.1. The summed E-state index contributed by atoms with van der Waals surface area (Å²) < 4.78 is 29.7. The first-order valence-electron chi connectivity index (χ1n) is 11.1. The van der Waals surface area contributed by atoms with Crippen LogP contribution < -0.4 is 20.9 Å². The Bertz CT molecular complexity index is 1080. The lowest BCUT2D eigenvalue weighted by molar-refractivity contribution is 0.0513. The summed E-state index contributed by atoms with van der Waals surface area (Å²) in [6.07, 6.45) is 2.11. The monoisotopic (exact) mass is 469 g/mol. The second kappa shape index (κ2) is 12.2. The van der Waals surface area contributed by atoms with Gasteiger partial charge in [-0.2, -0.15) is 4.98 Å². The fourth-order valence-corrected chi connectivity index (χ4v) is 3.64. The van der Waals surface area contributed by atoms with E-state index in [0.717, 1.165) is 27.8 Å². The zero-order valence-corrected chi connectivity index (χ0v) is 19.9. The molecule has 0 bridgehead atoms. The first-order chi connectivity index (χ1) is 16.4. The van der Waals surface area contributed by atoms with E-state index in [0.29, 0.717) is 43.4 Å². The Balaban J connectivity index is 1.99. The van der Waals surface area contributed by atoms with E-state index in [9.17, 15) is 4.39 Å². The third-order valence-corrected chi connectivity index (χ3v) is 5.23. The minimum absolute atomic E-state index is 0.0846. The van der Waals surface area contributed by atoms with Crippen molar-refractivity contribution >= 4 is 11.8 Å². The van der Waals surface area contributed by atoms with Gasteiger partial charge in [0.15, 0.2) is 6.79 Å². The van der Waals surface area contributed by atoms with Crippen LogP contribution in [-0.2, 0) is 17.7 Å². The standard InChI is InChI=1S/C25H32FN5O3/c1-4-33-21-12-18(11-20-14-29-25(28)30-24(20)27)13-22(34-16-32-3)23(21)19-7-5-17(6-8-19)15-31(2)10-9-26/h5-8,12-14H,4,9-11,15-16H2,1-3H3,(H4,27,28,29,30). The third kappa shape index (κ3) is 6.55. The van der Waals surface area contributed by atoms with Gasteiger partial charge in [-0.05, 0) is 42.8 Å². The number of benzene rings is 2. The second-order valence-electron chi connectivity index (χ2n) is 7.89. The first-order valence-corrected chi connectivity index (χ1v) is 11.1. The number of aromatic nitrogens is 2. The van der Waals surface area contributed by atoms with Gasteiger partial charge in [-0.25, -0.2) is 9.37 Å². The molecule has 0 spiro atoms. The number of anilines is 2. The zero-order valence-electron chi connectivity index (χ0n) is 19.9. The third-order valence-electron chi connectivity index (χ3n) is 5.23. The van der Waals surface area contributed by atoms with E-state index >= 15 is 0 Å². The van der Waals surface area contributed by atoms with Crippen molar-refractivity contribution in [3.63, 3.8) is 0 Å². The lowest BCUT2D eigenvalue weighted by Gasteiger charge is -2.19. The van der Waals surface area contributed by atoms with Gasteiger partial charge in [0, 0.05) is 38.4 Å². The number of halogens is 1. The molecule has 4 N–H and O–H groups in total. The minimum atomic E-state index is -0.368. The SMILES string of the molecule is CCOc1cc(Cc2cnc(N)nc2N)cc(OCOC)c1-c1ccc(CN(C)CCF)cc1. The van der Waals surface area contributed by atoms with Crippen molar-refractivity contribution < 1.29 is 18.6 Å². The number of nitrogens with two attached hydrogens (primary N) is 2. The maximum absolute atomic E-state index is 12.6. The molecule has 0 fully saturated rings. The van der Waals surface area contributed by atoms with E-state index < -0.39 is 0 Å². The number of nitrogen functional groups attached to an aromatic ring is 2. The van der Waals surface area contributed by atoms with Crippen LogP contribution in [0.25, 0.3) is 11.1 Å². The molecule has 0 amide bonds. The van der Waals surface area contributed by atoms with E-state index in [-0.39, 0.29) is 19.4 Å². The van der Waals surface area contributed by atoms with E-state index in [1.807, 2.05) is 55.3 Å². The summed E-state index contributed by atoms with van der Waals surface area (Å²) in [6, 6.07) is 12.0. The highest BCUT2D eigenvalue weighted by Gasteiger charge is 2.17. The van der Waals surface area contributed by atoms with Gasteiger partial charge in [0.2, 0.25) is 5.95 Å². The minimum Gasteiger partial charge on any atom is -0.493 e. The summed E-state index contributed by atoms with van der Waals surface area (Å²) in [5.41, 5.74) is 16.2. The molecule has 3 rings (SSSR count). The molecule has 0 aliphatic heterocycles. The Morgan fingerprint density at radius 3 is 2.35 bits per heavy atom. The second-order valence-corrected chi connectivity index (χ2v) is 7.89. The number of ether oxygens (including phenoxy) is 3. The molecule has 9 heteroatoms. The maximum atomic E-state index is 12.6. The van der Waals surface area contributed by atoms with Crippen LogP contribution in [0.15, 0.2) is 42.6 Å². The van der Waals surface area contributed by atoms with Crippen molar-refractivity contribution in [1.82, 2.24) is 14.9 Å². The summed E-state index contributed by atoms with van der Waals surface area (Å²) in [4.78, 5) is 10.0. The number of hydrogen-bond donors (Lipinski definition) is 2. The highest BCUT2D eigenvalue weighted by molar-refractivity contribution is 5.78. The van der Waals surface area contributed by atoms with E-state index in [4.69, 9.17) is 25.7 Å². The highest BCUT2D eigenvalue weighted by atomic mass is 19.1. The molecular weight excluding hydrogens is 437 g/mol. The molecule has 34 heavy (non-hydrogen) atoms. The van der Waals surface area contributed by atoms with Crippen molar-refractivity contribution in [2.75, 3.05) is 52.2 Å². The van der Waals surface area contributed by atoms with Crippen molar-refractivity contribution in [2.24, 2.45) is 0 Å². The molecule has 2 aromatic carbocycles. The molecule has 0 saturated carbocycles. The molecule has 0 aliphatic rings. The summed E-state index contributed by atoms with van der Waals surface area (Å²) in [6.45, 7) is 3.20. The fraction of sp³-hybridized carbons (Fsp3) is 0.360. The summed E-state index contributed by atoms with van der Waals surface area (Å²) >= 11 is 0. The summed E-state index contributed by atoms with van der Waals surface area (Å²) in [5.74, 6) is 1.78. The average Bonchev–Trinajstić information content (AvgIpc) is 2.80. The van der Waals surface area contributed by atoms with E-state index in [1.54, 1.807) is 13.3 Å². The molecule has 3 aromatic rings. The first kappa shape index (κ1) is 25.2. The molecule has 1 aromatic heterocycles. The Labute approximate surface area is 199 Å². The Morgan fingerprint density at radius 1 is 1.03 bits per heavy atom. The molecule has 1 heterocycles. The predicted octanol–water partition coefficient (Wildman–Crippen LogP) is 3.68. The van der Waals surface area contributed by atoms with Crippen molar-refractivity contribution in [1.29, 1.82) is 0 Å². The van der Waals surface area contributed by atoms with E-state index in [2.05, 4.69) is 9.97 Å². The molecule has 182 valence electrons. The van der Waals surface area contributed by atoms with Gasteiger partial charge < -0.3 is 25.7 Å². The van der Waals surface area contributed by atoms with Crippen LogP contribution in [0.4, 0.5) is 16.2 Å². The van der Waals surface area contributed by atoms with Crippen LogP contribution in [0.5, 0.6) is 11.5 Å². The van der Waals surface area contributed by atoms with Gasteiger partial charge in [0.25, 0.3) is 0 Å². The maximum Gasteiger partial charge on any atom is 0.221 e. The van der Waals surface area contributed by atoms with Crippen LogP contribution in [0.3, 0.4) is 0 Å². The largest absolute Gasteiger partial charge is 0.493 e. The zero-order chi connectivity index (χ0) is 24.5. The van der Waals surface area contributed by atoms with Gasteiger partial charge in [-0.15, -0.1) is 0 Å². The number of nitrogens with zero attached hydrogens (tertiary/aromatic N) is 3. The Kier molecular flexibility index (Phi) is 9.00. The molecule has 0 saturated heterocycles. The van der Waals surface area contributed by atoms with Crippen LogP contribution in [0.2, 0.25) is 0 Å². The topological polar surface area (TPSA) is 109 Å². The summed E-state index contributed by atoms with van der Waals surface area (Å²) in [7, 11) is 3.47. The van der Waals surface area contributed by atoms with Crippen LogP contribution in [0.1, 0.15) is 23.6 Å². The van der Waals surface area contributed by atoms with Crippen molar-refractivity contribution in [3.8, 4) is 22.6 Å². The molecule has 8 nitrogen and oxygen atoms in total. The fourth-order valence-electron chi connectivity index (χ4n) is 3.64. The van der Waals surface area contributed by atoms with Gasteiger partial charge in [0.1, 0.15) is 24.0 Å². The molecule has 0 radical (unpaired) electrons. The van der Waals surface area contributed by atoms with Crippen molar-refractivity contribution in [3.05, 3.63) is 59.3 Å². The summed E-state index contributed by atoms with van der Waals surface area (Å²) in [5, 5.41) is 0. The highest BCUT2D eigenvalue weighted by Crippen LogP contribution is 2.41. The van der Waals surface area contributed by atoms with Crippen LogP contribution >= 0.6 is 0 Å². The molecular formula is C25H32FN5O3. The number of hydrogen-bond acceptors (Lipinski definition) is 8. The van der Waals surface area contributed by atoms with Gasteiger partial charge in [-0.3, -0.25) is 4.90 Å². The van der Waals surface area contributed by atoms with Crippen molar-refractivity contribution in [2.45, 2.75) is 19.9 Å².